The van der Waals surface area contributed by atoms with Gasteiger partial charge in [-0.05, 0) is 32.1 Å². The topological polar surface area (TPSA) is 83.5 Å². The third-order valence-corrected chi connectivity index (χ3v) is 5.19. The Labute approximate surface area is 225 Å². The van der Waals surface area contributed by atoms with E-state index in [1.807, 2.05) is 0 Å². The Kier molecular flexibility index (Phi) is 10.2. The Hall–Kier alpha value is -1.36. The van der Waals surface area contributed by atoms with Crippen LogP contribution in [0, 0.1) is 5.82 Å². The van der Waals surface area contributed by atoms with Crippen LogP contribution in [0.5, 0.6) is 0 Å². The fourth-order valence-corrected chi connectivity index (χ4v) is 3.26. The summed E-state index contributed by atoms with van der Waals surface area (Å²) in [6.45, 7) is 2.74. The lowest BCUT2D eigenvalue weighted by Gasteiger charge is -2.34. The minimum absolute atomic E-state index is 0.00967. The number of hydrogen-bond acceptors (Lipinski definition) is 8. The van der Waals surface area contributed by atoms with Crippen LogP contribution in [0.25, 0.3) is 0 Å². The molecule has 0 aromatic heterocycles. The van der Waals surface area contributed by atoms with Gasteiger partial charge in [-0.1, -0.05) is 75.7 Å². The Morgan fingerprint density at radius 1 is 1.06 bits per heavy atom. The molecule has 2 rings (SSSR count). The van der Waals surface area contributed by atoms with E-state index in [9.17, 15) is 9.59 Å². The zero-order valence-electron chi connectivity index (χ0n) is 17.8. The average Bonchev–Trinajstić information content (AvgIpc) is 2.72. The van der Waals surface area contributed by atoms with Crippen LogP contribution in [-0.4, -0.2) is 56.8 Å². The number of carbonyl (C=O) groups is 2. The minimum atomic E-state index is -2.07. The summed E-state index contributed by atoms with van der Waals surface area (Å²) >= 11 is 35.5. The van der Waals surface area contributed by atoms with E-state index in [0.29, 0.717) is 0 Å². The fraction of sp³-hybridized carbons (Fsp3) is 0.421. The number of hydrogen-bond donors (Lipinski definition) is 1. The molecule has 1 aliphatic heterocycles. The number of anilines is 1. The highest BCUT2D eigenvalue weighted by Gasteiger charge is 2.37. The summed E-state index contributed by atoms with van der Waals surface area (Å²) in [6, 6.07) is 3.91. The lowest BCUT2D eigenvalue weighted by atomic mass is 10.1. The minimum Gasteiger partial charge on any atom is -0.465 e. The van der Waals surface area contributed by atoms with E-state index in [1.165, 1.54) is 23.1 Å². The third kappa shape index (κ3) is 8.10. The van der Waals surface area contributed by atoms with Crippen molar-refractivity contribution in [2.45, 2.75) is 21.6 Å². The van der Waals surface area contributed by atoms with Gasteiger partial charge in [0.2, 0.25) is 3.79 Å². The zero-order valence-corrected chi connectivity index (χ0v) is 22.3. The number of alkyl halides is 6. The Morgan fingerprint density at radius 3 is 2.06 bits per heavy atom. The number of hydrazone groups is 1. The maximum Gasteiger partial charge on any atom is 0.325 e. The van der Waals surface area contributed by atoms with Crippen molar-refractivity contribution in [3.63, 3.8) is 0 Å². The van der Waals surface area contributed by atoms with Crippen molar-refractivity contribution >= 4 is 92.9 Å². The molecule has 0 bridgehead atoms. The molecule has 1 aromatic rings. The maximum atomic E-state index is 15.2. The quantitative estimate of drug-likeness (QED) is 0.260. The number of hydrazine groups is 1. The number of esters is 2. The molecule has 1 aliphatic rings. The molecule has 0 fully saturated rings. The molecule has 1 N–H and O–H groups in total. The summed E-state index contributed by atoms with van der Waals surface area (Å²) in [5, 5.41) is 4.92. The van der Waals surface area contributed by atoms with E-state index in [4.69, 9.17) is 79.1 Å². The standard InChI is InChI=1S/C19H19Cl6FN4O4/c1-3-33-16(31)9-29(10-17(32)34-4-2)14-6-5-11(7-12(14)26)13-8-15(18(20,21)22)28-30(27-13)19(23,24)25/h5-8,28H,3-4,9-10H2,1-2H3. The molecule has 0 atom stereocenters. The van der Waals surface area contributed by atoms with Crippen molar-refractivity contribution in [2.24, 2.45) is 5.10 Å². The molecule has 188 valence electrons. The van der Waals surface area contributed by atoms with Gasteiger partial charge in [-0.15, -0.1) is 0 Å². The first kappa shape index (κ1) is 28.9. The average molecular weight is 599 g/mol. The highest BCUT2D eigenvalue weighted by Crippen LogP contribution is 2.38. The van der Waals surface area contributed by atoms with Gasteiger partial charge in [0.15, 0.2) is 0 Å². The SMILES string of the molecule is CCOC(=O)CN(CC(=O)OCC)c1ccc(C2=NN(C(Cl)(Cl)Cl)NC(C(Cl)(Cl)Cl)=C2)cc1F. The number of nitrogens with one attached hydrogen (secondary N) is 1. The summed E-state index contributed by atoms with van der Waals surface area (Å²) in [6.07, 6.45) is 1.34. The fourth-order valence-electron chi connectivity index (χ4n) is 2.72. The van der Waals surface area contributed by atoms with Crippen LogP contribution in [0.3, 0.4) is 0 Å². The molecule has 0 spiro atoms. The third-order valence-electron chi connectivity index (χ3n) is 4.10. The summed E-state index contributed by atoms with van der Waals surface area (Å²) in [7, 11) is 0. The van der Waals surface area contributed by atoms with E-state index < -0.39 is 25.5 Å². The number of nitrogens with zero attached hydrogens (tertiary/aromatic N) is 3. The van der Waals surface area contributed by atoms with Crippen molar-refractivity contribution in [2.75, 3.05) is 31.2 Å². The normalized spacial score (nSPS) is 14.1. The first-order valence-corrected chi connectivity index (χ1v) is 11.9. The van der Waals surface area contributed by atoms with Crippen molar-refractivity contribution < 1.29 is 23.5 Å². The molecule has 0 unspecified atom stereocenters. The van der Waals surface area contributed by atoms with Crippen LogP contribution in [-0.2, 0) is 19.1 Å². The molecule has 1 aromatic carbocycles. The molecule has 0 radical (unpaired) electrons. The smallest absolute Gasteiger partial charge is 0.325 e. The Balaban J connectivity index is 2.45. The van der Waals surface area contributed by atoms with E-state index in [2.05, 4.69) is 10.5 Å². The van der Waals surface area contributed by atoms with E-state index in [1.54, 1.807) is 13.8 Å². The lowest BCUT2D eigenvalue weighted by molar-refractivity contribution is -0.142. The number of carbonyl (C=O) groups excluding carboxylic acids is 2. The number of halogens is 7. The van der Waals surface area contributed by atoms with Crippen molar-refractivity contribution in [1.82, 2.24) is 10.5 Å². The first-order chi connectivity index (χ1) is 15.8. The molecule has 8 nitrogen and oxygen atoms in total. The molecule has 34 heavy (non-hydrogen) atoms. The molecular weight excluding hydrogens is 580 g/mol. The van der Waals surface area contributed by atoms with Crippen LogP contribution in [0.15, 0.2) is 35.1 Å². The summed E-state index contributed by atoms with van der Waals surface area (Å²) < 4.78 is 21.0. The number of rotatable bonds is 8. The second-order valence-corrected chi connectivity index (χ2v) is 11.1. The van der Waals surface area contributed by atoms with Gasteiger partial charge in [0.1, 0.15) is 18.9 Å². The van der Waals surface area contributed by atoms with Crippen molar-refractivity contribution in [3.8, 4) is 0 Å². The number of allylic oxidation sites excluding steroid dienone is 2. The highest BCUT2D eigenvalue weighted by atomic mass is 35.6. The number of benzene rings is 1. The summed E-state index contributed by atoms with van der Waals surface area (Å²) in [4.78, 5) is 25.2. The summed E-state index contributed by atoms with van der Waals surface area (Å²) in [5.41, 5.74) is 2.81. The Morgan fingerprint density at radius 2 is 1.62 bits per heavy atom. The lowest BCUT2D eigenvalue weighted by Crippen LogP contribution is -2.47. The van der Waals surface area contributed by atoms with Gasteiger partial charge in [0, 0.05) is 5.56 Å². The van der Waals surface area contributed by atoms with E-state index in [0.717, 1.165) is 11.2 Å². The Bertz CT molecular complexity index is 961. The van der Waals surface area contributed by atoms with Gasteiger partial charge in [-0.2, -0.15) is 10.2 Å². The van der Waals surface area contributed by atoms with Gasteiger partial charge >= 0.3 is 15.9 Å². The number of ether oxygens (including phenoxy) is 2. The van der Waals surface area contributed by atoms with Crippen molar-refractivity contribution in [1.29, 1.82) is 0 Å². The molecule has 15 heteroatoms. The second kappa shape index (κ2) is 12.1. The van der Waals surface area contributed by atoms with E-state index >= 15 is 4.39 Å². The molecule has 0 saturated carbocycles. The van der Waals surface area contributed by atoms with Gasteiger partial charge < -0.3 is 14.4 Å². The molecular formula is C19H19Cl6FN4O4. The van der Waals surface area contributed by atoms with Crippen LogP contribution in [0.1, 0.15) is 19.4 Å². The summed E-state index contributed by atoms with van der Waals surface area (Å²) in [5.74, 6) is -2.07. The highest BCUT2D eigenvalue weighted by molar-refractivity contribution is 6.69. The maximum absolute atomic E-state index is 15.2. The first-order valence-electron chi connectivity index (χ1n) is 9.63. The van der Waals surface area contributed by atoms with E-state index in [-0.39, 0.29) is 49.0 Å². The largest absolute Gasteiger partial charge is 0.465 e. The predicted molar refractivity (Wildman–Crippen MR) is 132 cm³/mol. The van der Waals surface area contributed by atoms with Crippen LogP contribution >= 0.6 is 69.6 Å². The van der Waals surface area contributed by atoms with Crippen LogP contribution < -0.4 is 10.3 Å². The van der Waals surface area contributed by atoms with Gasteiger partial charge in [0.05, 0.1) is 30.3 Å². The monoisotopic (exact) mass is 596 g/mol. The van der Waals surface area contributed by atoms with Gasteiger partial charge in [-0.3, -0.25) is 15.0 Å². The molecule has 0 aliphatic carbocycles. The van der Waals surface area contributed by atoms with Crippen molar-refractivity contribution in [3.05, 3.63) is 41.4 Å². The van der Waals surface area contributed by atoms with Gasteiger partial charge in [-0.25, -0.2) is 4.39 Å². The molecule has 1 heterocycles. The molecule has 0 amide bonds. The zero-order chi connectivity index (χ0) is 25.7. The van der Waals surface area contributed by atoms with Crippen LogP contribution in [0.2, 0.25) is 0 Å². The van der Waals surface area contributed by atoms with Gasteiger partial charge in [0.25, 0.3) is 0 Å². The molecule has 0 saturated heterocycles. The predicted octanol–water partition coefficient (Wildman–Crippen LogP) is 4.86. The van der Waals surface area contributed by atoms with Crippen LogP contribution in [0.4, 0.5) is 10.1 Å². The second-order valence-electron chi connectivity index (χ2n) is 6.56.